The molecule has 100 valence electrons. The fraction of sp³-hybridized carbons (Fsp3) is 0.364. The van der Waals surface area contributed by atoms with Crippen LogP contribution in [-0.4, -0.2) is 27.2 Å². The van der Waals surface area contributed by atoms with Gasteiger partial charge in [-0.05, 0) is 30.7 Å². The second-order valence-corrected chi connectivity index (χ2v) is 5.58. The van der Waals surface area contributed by atoms with Crippen LogP contribution in [0.25, 0.3) is 0 Å². The molecular weight excluding hydrogens is 254 g/mol. The lowest BCUT2D eigenvalue weighted by atomic mass is 10.3. The monoisotopic (exact) mass is 271 g/mol. The van der Waals surface area contributed by atoms with Gasteiger partial charge in [0.05, 0.1) is 6.26 Å². The summed E-state index contributed by atoms with van der Waals surface area (Å²) in [5, 5.41) is 5.31. The second-order valence-electron chi connectivity index (χ2n) is 3.83. The van der Waals surface area contributed by atoms with E-state index in [2.05, 4.69) is 15.4 Å². The third-order valence-corrected chi connectivity index (χ3v) is 2.59. The van der Waals surface area contributed by atoms with Crippen molar-refractivity contribution >= 4 is 27.4 Å². The molecule has 1 aromatic rings. The molecule has 1 rings (SSSR count). The number of carbonyl (C=O) groups excluding carboxylic acids is 1. The summed E-state index contributed by atoms with van der Waals surface area (Å²) in [4.78, 5) is 11.4. The Bertz CT molecular complexity index is 497. The summed E-state index contributed by atoms with van der Waals surface area (Å²) in [6, 6.07) is 6.13. The maximum Gasteiger partial charge on any atom is 0.319 e. The number of carbonyl (C=O) groups is 1. The van der Waals surface area contributed by atoms with Gasteiger partial charge in [0.25, 0.3) is 0 Å². The Kier molecular flexibility index (Phi) is 4.96. The van der Waals surface area contributed by atoms with Gasteiger partial charge in [-0.15, -0.1) is 0 Å². The number of hydrogen-bond donors (Lipinski definition) is 3. The predicted molar refractivity (Wildman–Crippen MR) is 72.2 cm³/mol. The van der Waals surface area contributed by atoms with E-state index >= 15 is 0 Å². The number of hydrogen-bond acceptors (Lipinski definition) is 3. The number of benzene rings is 1. The number of sulfonamides is 1. The van der Waals surface area contributed by atoms with E-state index in [1.54, 1.807) is 24.3 Å². The highest BCUT2D eigenvalue weighted by Crippen LogP contribution is 2.14. The van der Waals surface area contributed by atoms with Gasteiger partial charge in [0, 0.05) is 17.9 Å². The van der Waals surface area contributed by atoms with E-state index in [-0.39, 0.29) is 6.03 Å². The topological polar surface area (TPSA) is 87.3 Å². The zero-order valence-corrected chi connectivity index (χ0v) is 11.2. The van der Waals surface area contributed by atoms with Crippen molar-refractivity contribution in [2.45, 2.75) is 13.3 Å². The number of anilines is 2. The fourth-order valence-electron chi connectivity index (χ4n) is 1.25. The second kappa shape index (κ2) is 6.25. The van der Waals surface area contributed by atoms with Gasteiger partial charge >= 0.3 is 6.03 Å². The lowest BCUT2D eigenvalue weighted by molar-refractivity contribution is 0.252. The Balaban J connectivity index is 2.58. The first-order chi connectivity index (χ1) is 8.40. The predicted octanol–water partition coefficient (Wildman–Crippen LogP) is 1.59. The van der Waals surface area contributed by atoms with Gasteiger partial charge in [-0.2, -0.15) is 0 Å². The molecule has 0 bridgehead atoms. The van der Waals surface area contributed by atoms with Crippen molar-refractivity contribution < 1.29 is 13.2 Å². The van der Waals surface area contributed by atoms with E-state index in [9.17, 15) is 13.2 Å². The largest absolute Gasteiger partial charge is 0.338 e. The van der Waals surface area contributed by atoms with Gasteiger partial charge in [-0.1, -0.05) is 6.92 Å². The molecule has 1 aromatic carbocycles. The van der Waals surface area contributed by atoms with Gasteiger partial charge < -0.3 is 10.6 Å². The molecule has 3 N–H and O–H groups in total. The molecule has 0 aliphatic rings. The average molecular weight is 271 g/mol. The molecule has 2 amide bonds. The molecular formula is C11H17N3O3S. The molecule has 0 radical (unpaired) electrons. The number of rotatable bonds is 5. The van der Waals surface area contributed by atoms with Crippen LogP contribution in [0, 0.1) is 0 Å². The number of amides is 2. The minimum absolute atomic E-state index is 0.277. The molecule has 0 unspecified atom stereocenters. The molecule has 0 fully saturated rings. The minimum Gasteiger partial charge on any atom is -0.338 e. The molecule has 18 heavy (non-hydrogen) atoms. The number of nitrogens with one attached hydrogen (secondary N) is 3. The van der Waals surface area contributed by atoms with Crippen LogP contribution < -0.4 is 15.4 Å². The van der Waals surface area contributed by atoms with Crippen molar-refractivity contribution in [2.24, 2.45) is 0 Å². The summed E-state index contributed by atoms with van der Waals surface area (Å²) in [5.74, 6) is 0. The molecule has 0 aromatic heterocycles. The first kappa shape index (κ1) is 14.3. The highest BCUT2D eigenvalue weighted by molar-refractivity contribution is 7.92. The van der Waals surface area contributed by atoms with E-state index in [4.69, 9.17) is 0 Å². The van der Waals surface area contributed by atoms with Crippen LogP contribution in [-0.2, 0) is 10.0 Å². The molecule has 0 aliphatic carbocycles. The van der Waals surface area contributed by atoms with Crippen LogP contribution in [0.5, 0.6) is 0 Å². The zero-order chi connectivity index (χ0) is 13.6. The summed E-state index contributed by atoms with van der Waals surface area (Å²) in [6.07, 6.45) is 1.95. The first-order valence-electron chi connectivity index (χ1n) is 5.53. The summed E-state index contributed by atoms with van der Waals surface area (Å²) in [5.41, 5.74) is 1.06. The molecule has 7 heteroatoms. The maximum atomic E-state index is 11.4. The molecule has 0 spiro atoms. The van der Waals surface area contributed by atoms with Gasteiger partial charge in [0.2, 0.25) is 10.0 Å². The quantitative estimate of drug-likeness (QED) is 0.760. The van der Waals surface area contributed by atoms with Crippen LogP contribution in [0.15, 0.2) is 24.3 Å². The van der Waals surface area contributed by atoms with E-state index in [0.29, 0.717) is 17.9 Å². The van der Waals surface area contributed by atoms with Crippen molar-refractivity contribution in [3.63, 3.8) is 0 Å². The summed E-state index contributed by atoms with van der Waals surface area (Å²) in [7, 11) is -3.27. The Morgan fingerprint density at radius 2 is 1.72 bits per heavy atom. The lowest BCUT2D eigenvalue weighted by Gasteiger charge is -2.08. The van der Waals surface area contributed by atoms with Gasteiger partial charge in [-0.25, -0.2) is 13.2 Å². The standard InChI is InChI=1S/C11H17N3O3S/c1-3-8-12-11(15)13-9-4-6-10(7-5-9)14-18(2,16)17/h4-7,14H,3,8H2,1-2H3,(H2,12,13,15). The third kappa shape index (κ3) is 5.53. The average Bonchev–Trinajstić information content (AvgIpc) is 2.27. The van der Waals surface area contributed by atoms with Crippen molar-refractivity contribution in [2.75, 3.05) is 22.8 Å². The minimum atomic E-state index is -3.27. The molecule has 0 aliphatic heterocycles. The van der Waals surface area contributed by atoms with E-state index in [0.717, 1.165) is 12.7 Å². The van der Waals surface area contributed by atoms with Crippen LogP contribution in [0.2, 0.25) is 0 Å². The van der Waals surface area contributed by atoms with Crippen molar-refractivity contribution in [1.29, 1.82) is 0 Å². The highest BCUT2D eigenvalue weighted by atomic mass is 32.2. The Labute approximate surface area is 107 Å². The van der Waals surface area contributed by atoms with Crippen molar-refractivity contribution in [1.82, 2.24) is 5.32 Å². The maximum absolute atomic E-state index is 11.4. The lowest BCUT2D eigenvalue weighted by Crippen LogP contribution is -2.29. The Hall–Kier alpha value is -1.76. The van der Waals surface area contributed by atoms with Crippen molar-refractivity contribution in [3.8, 4) is 0 Å². The van der Waals surface area contributed by atoms with Crippen LogP contribution in [0.4, 0.5) is 16.2 Å². The molecule has 0 heterocycles. The molecule has 0 saturated carbocycles. The Morgan fingerprint density at radius 1 is 1.17 bits per heavy atom. The molecule has 0 saturated heterocycles. The van der Waals surface area contributed by atoms with Crippen molar-refractivity contribution in [3.05, 3.63) is 24.3 Å². The smallest absolute Gasteiger partial charge is 0.319 e. The molecule has 6 nitrogen and oxygen atoms in total. The van der Waals surface area contributed by atoms with Gasteiger partial charge in [0.1, 0.15) is 0 Å². The van der Waals surface area contributed by atoms with Crippen LogP contribution in [0.1, 0.15) is 13.3 Å². The van der Waals surface area contributed by atoms with E-state index in [1.165, 1.54) is 0 Å². The summed E-state index contributed by atoms with van der Waals surface area (Å²) >= 11 is 0. The fourth-order valence-corrected chi connectivity index (χ4v) is 1.81. The van der Waals surface area contributed by atoms with Gasteiger partial charge in [-0.3, -0.25) is 4.72 Å². The number of urea groups is 1. The Morgan fingerprint density at radius 3 is 2.22 bits per heavy atom. The highest BCUT2D eigenvalue weighted by Gasteiger charge is 2.03. The summed E-state index contributed by atoms with van der Waals surface area (Å²) < 4.78 is 24.3. The van der Waals surface area contributed by atoms with E-state index < -0.39 is 10.0 Å². The first-order valence-corrected chi connectivity index (χ1v) is 7.42. The summed E-state index contributed by atoms with van der Waals surface area (Å²) in [6.45, 7) is 2.57. The van der Waals surface area contributed by atoms with Crippen LogP contribution >= 0.6 is 0 Å². The zero-order valence-electron chi connectivity index (χ0n) is 10.4. The SMILES string of the molecule is CCCNC(=O)Nc1ccc(NS(C)(=O)=O)cc1. The third-order valence-electron chi connectivity index (χ3n) is 1.98. The van der Waals surface area contributed by atoms with Gasteiger partial charge in [0.15, 0.2) is 0 Å². The normalized spacial score (nSPS) is 10.8. The van der Waals surface area contributed by atoms with E-state index in [1.807, 2.05) is 6.92 Å². The molecule has 0 atom stereocenters. The van der Waals surface area contributed by atoms with Crippen LogP contribution in [0.3, 0.4) is 0 Å².